The van der Waals surface area contributed by atoms with E-state index in [0.717, 1.165) is 21.3 Å². The summed E-state index contributed by atoms with van der Waals surface area (Å²) >= 11 is 1.51. The standard InChI is InChI=1S/C34H29N5O6S/c1-43-29-12-26-7-5-22(29)15-36-32(40)18-44-25-4-2-3-20(10-25)23-9-24(14-35-13-23)33(41)38-28-16-39(17-30(28)45-26)34(42)21-6-8-31-27(11-21)37-19-46-31/h2-14,19,28,30H,15-18H2,1H3,(H,36,40)(H,38,41)/t28-,30-/m0/s1. The van der Waals surface area contributed by atoms with Crippen molar-refractivity contribution in [1.82, 2.24) is 25.5 Å². The van der Waals surface area contributed by atoms with Crippen molar-refractivity contribution in [1.29, 1.82) is 0 Å². The Balaban J connectivity index is 1.22. The van der Waals surface area contributed by atoms with Crippen LogP contribution in [0.25, 0.3) is 21.3 Å². The lowest BCUT2D eigenvalue weighted by Crippen LogP contribution is -2.45. The van der Waals surface area contributed by atoms with Gasteiger partial charge < -0.3 is 29.7 Å². The van der Waals surface area contributed by atoms with Gasteiger partial charge in [0.1, 0.15) is 23.4 Å². The molecule has 5 heterocycles. The van der Waals surface area contributed by atoms with Gasteiger partial charge in [-0.3, -0.25) is 19.4 Å². The normalized spacial score (nSPS) is 18.2. The highest BCUT2D eigenvalue weighted by Crippen LogP contribution is 2.29. The fourth-order valence-electron chi connectivity index (χ4n) is 5.62. The van der Waals surface area contributed by atoms with Crippen molar-refractivity contribution in [2.24, 2.45) is 0 Å². The summed E-state index contributed by atoms with van der Waals surface area (Å²) in [5.74, 6) is 0.692. The third-order valence-corrected chi connectivity index (χ3v) is 8.82. The van der Waals surface area contributed by atoms with Gasteiger partial charge in [-0.15, -0.1) is 11.3 Å². The number of carbonyl (C=O) groups is 3. The van der Waals surface area contributed by atoms with Crippen molar-refractivity contribution in [3.8, 4) is 28.4 Å². The Morgan fingerprint density at radius 3 is 2.76 bits per heavy atom. The van der Waals surface area contributed by atoms with Gasteiger partial charge in [0.2, 0.25) is 0 Å². The molecular formula is C34H29N5O6S. The van der Waals surface area contributed by atoms with Gasteiger partial charge in [0.25, 0.3) is 17.7 Å². The summed E-state index contributed by atoms with van der Waals surface area (Å²) in [5, 5.41) is 5.96. The molecule has 46 heavy (non-hydrogen) atoms. The van der Waals surface area contributed by atoms with Crippen molar-refractivity contribution < 1.29 is 28.6 Å². The fourth-order valence-corrected chi connectivity index (χ4v) is 6.28. The number of benzene rings is 3. The lowest BCUT2D eigenvalue weighted by molar-refractivity contribution is -0.123. The maximum absolute atomic E-state index is 13.7. The maximum Gasteiger partial charge on any atom is 0.258 e. The number of methoxy groups -OCH3 is 1. The van der Waals surface area contributed by atoms with E-state index in [1.165, 1.54) is 17.5 Å². The molecule has 1 saturated heterocycles. The van der Waals surface area contributed by atoms with Crippen LogP contribution in [0.4, 0.5) is 0 Å². The summed E-state index contributed by atoms with van der Waals surface area (Å²) in [4.78, 5) is 50.3. The van der Waals surface area contributed by atoms with Gasteiger partial charge in [-0.05, 0) is 54.1 Å². The van der Waals surface area contributed by atoms with Gasteiger partial charge in [-0.1, -0.05) is 12.1 Å². The second-order valence-electron chi connectivity index (χ2n) is 11.0. The SMILES string of the molecule is COc1cc2ccc1CNC(=O)COc1cccc(c1)-c1cncc(c1)C(=O)N[C@H]1CN(C(=O)c3ccc4scnc4c3)C[C@@H]1O2. The van der Waals surface area contributed by atoms with Crippen LogP contribution in [0.3, 0.4) is 0 Å². The molecule has 0 unspecified atom stereocenters. The first-order valence-electron chi connectivity index (χ1n) is 14.7. The Morgan fingerprint density at radius 2 is 1.87 bits per heavy atom. The summed E-state index contributed by atoms with van der Waals surface area (Å²) in [6.45, 7) is 0.517. The molecule has 3 amide bonds. The molecule has 3 aliphatic rings. The van der Waals surface area contributed by atoms with Crippen molar-refractivity contribution in [3.63, 3.8) is 0 Å². The number of ether oxygens (including phenoxy) is 3. The van der Waals surface area contributed by atoms with Gasteiger partial charge in [0.05, 0.1) is 41.0 Å². The highest BCUT2D eigenvalue weighted by atomic mass is 32.1. The number of hydrogen-bond donors (Lipinski definition) is 2. The van der Waals surface area contributed by atoms with E-state index in [-0.39, 0.29) is 44.0 Å². The maximum atomic E-state index is 13.7. The lowest BCUT2D eigenvalue weighted by atomic mass is 10.1. The molecule has 8 rings (SSSR count). The molecule has 11 nitrogen and oxygen atoms in total. The molecule has 2 N–H and O–H groups in total. The highest BCUT2D eigenvalue weighted by molar-refractivity contribution is 7.16. The predicted octanol–water partition coefficient (Wildman–Crippen LogP) is 4.08. The highest BCUT2D eigenvalue weighted by Gasteiger charge is 2.38. The molecular weight excluding hydrogens is 606 g/mol. The summed E-state index contributed by atoms with van der Waals surface area (Å²) in [7, 11) is 1.54. The van der Waals surface area contributed by atoms with Crippen LogP contribution in [0.1, 0.15) is 26.3 Å². The molecule has 6 bridgehead atoms. The van der Waals surface area contributed by atoms with Crippen LogP contribution in [0.2, 0.25) is 0 Å². The molecule has 3 aromatic carbocycles. The monoisotopic (exact) mass is 635 g/mol. The number of hydrogen-bond acceptors (Lipinski definition) is 9. The van der Waals surface area contributed by atoms with E-state index in [0.29, 0.717) is 33.9 Å². The van der Waals surface area contributed by atoms with E-state index in [1.54, 1.807) is 66.2 Å². The number of likely N-dealkylation sites (tertiary alicyclic amines) is 1. The van der Waals surface area contributed by atoms with Gasteiger partial charge in [-0.25, -0.2) is 4.98 Å². The van der Waals surface area contributed by atoms with Gasteiger partial charge in [0, 0.05) is 48.2 Å². The Morgan fingerprint density at radius 1 is 0.978 bits per heavy atom. The summed E-state index contributed by atoms with van der Waals surface area (Å²) < 4.78 is 18.8. The van der Waals surface area contributed by atoms with Gasteiger partial charge in [-0.2, -0.15) is 0 Å². The number of amides is 3. The quantitative estimate of drug-likeness (QED) is 0.297. The average Bonchev–Trinajstić information content (AvgIpc) is 3.72. The van der Waals surface area contributed by atoms with Crippen LogP contribution >= 0.6 is 11.3 Å². The fraction of sp³-hybridized carbons (Fsp3) is 0.206. The van der Waals surface area contributed by atoms with Crippen LogP contribution in [0.15, 0.2) is 84.6 Å². The molecule has 0 radical (unpaired) electrons. The number of carbonyl (C=O) groups excluding carboxylic acids is 3. The van der Waals surface area contributed by atoms with E-state index < -0.39 is 12.1 Å². The van der Waals surface area contributed by atoms with Crippen LogP contribution in [-0.4, -0.2) is 71.5 Å². The molecule has 0 saturated carbocycles. The predicted molar refractivity (Wildman–Crippen MR) is 171 cm³/mol. The number of pyridine rings is 1. The Hall–Kier alpha value is -5.49. The number of nitrogens with zero attached hydrogens (tertiary/aromatic N) is 3. The molecule has 232 valence electrons. The smallest absolute Gasteiger partial charge is 0.258 e. The van der Waals surface area contributed by atoms with Crippen molar-refractivity contribution in [3.05, 3.63) is 101 Å². The molecule has 5 aromatic rings. The van der Waals surface area contributed by atoms with Crippen LogP contribution in [0.5, 0.6) is 17.2 Å². The second-order valence-corrected chi connectivity index (χ2v) is 11.9. The van der Waals surface area contributed by atoms with Gasteiger partial charge in [0.15, 0.2) is 6.61 Å². The number of fused-ring (bicyclic) bond motifs is 8. The Labute approximate surface area is 268 Å². The summed E-state index contributed by atoms with van der Waals surface area (Å²) in [5.41, 5.74) is 5.59. The van der Waals surface area contributed by atoms with E-state index in [2.05, 4.69) is 20.6 Å². The van der Waals surface area contributed by atoms with Crippen molar-refractivity contribution >= 4 is 39.3 Å². The zero-order valence-corrected chi connectivity index (χ0v) is 25.6. The molecule has 12 heteroatoms. The van der Waals surface area contributed by atoms with Gasteiger partial charge >= 0.3 is 0 Å². The minimum Gasteiger partial charge on any atom is -0.496 e. The van der Waals surface area contributed by atoms with Crippen LogP contribution in [-0.2, 0) is 11.3 Å². The third-order valence-electron chi connectivity index (χ3n) is 8.01. The zero-order valence-electron chi connectivity index (χ0n) is 24.8. The molecule has 0 spiro atoms. The largest absolute Gasteiger partial charge is 0.496 e. The first kappa shape index (κ1) is 29.2. The molecule has 2 aromatic heterocycles. The lowest BCUT2D eigenvalue weighted by Gasteiger charge is -2.22. The van der Waals surface area contributed by atoms with Crippen LogP contribution < -0.4 is 24.8 Å². The first-order valence-corrected chi connectivity index (χ1v) is 15.5. The summed E-state index contributed by atoms with van der Waals surface area (Å²) in [6.07, 6.45) is 2.59. The molecule has 0 aliphatic carbocycles. The number of rotatable bonds is 2. The molecule has 1 fully saturated rings. The van der Waals surface area contributed by atoms with Crippen LogP contribution in [0, 0.1) is 0 Å². The second kappa shape index (κ2) is 12.5. The van der Waals surface area contributed by atoms with E-state index >= 15 is 0 Å². The zero-order chi connectivity index (χ0) is 31.6. The third kappa shape index (κ3) is 6.07. The first-order chi connectivity index (χ1) is 22.4. The Kier molecular flexibility index (Phi) is 7.93. The van der Waals surface area contributed by atoms with Crippen molar-refractivity contribution in [2.45, 2.75) is 18.7 Å². The minimum atomic E-state index is -0.568. The number of aromatic nitrogens is 2. The average molecular weight is 636 g/mol. The van der Waals surface area contributed by atoms with E-state index in [4.69, 9.17) is 14.2 Å². The van der Waals surface area contributed by atoms with Crippen molar-refractivity contribution in [2.75, 3.05) is 26.8 Å². The minimum absolute atomic E-state index is 0.177. The van der Waals surface area contributed by atoms with E-state index in [9.17, 15) is 14.4 Å². The topological polar surface area (TPSA) is 132 Å². The number of thiazole rings is 1. The van der Waals surface area contributed by atoms with E-state index in [1.807, 2.05) is 24.3 Å². The molecule has 3 aliphatic heterocycles. The molecule has 2 atom stereocenters. The Bertz CT molecular complexity index is 1960. The summed E-state index contributed by atoms with van der Waals surface area (Å²) in [6, 6.07) is 19.2. The number of nitrogens with one attached hydrogen (secondary N) is 2.